The maximum Gasteiger partial charge on any atom is 0.129 e. The summed E-state index contributed by atoms with van der Waals surface area (Å²) in [5.74, 6) is 9.65. The van der Waals surface area contributed by atoms with E-state index in [2.05, 4.69) is 42.9 Å². The van der Waals surface area contributed by atoms with Crippen LogP contribution in [0.3, 0.4) is 0 Å². The first kappa shape index (κ1) is 17.3. The van der Waals surface area contributed by atoms with Crippen LogP contribution in [0.1, 0.15) is 51.9 Å². The van der Waals surface area contributed by atoms with Crippen molar-refractivity contribution in [3.8, 4) is 23.3 Å². The Hall–Kier alpha value is -0.703. The summed E-state index contributed by atoms with van der Waals surface area (Å²) < 4.78 is 0. The lowest BCUT2D eigenvalue weighted by atomic mass is 10.1. The third-order valence-electron chi connectivity index (χ3n) is 2.37. The third-order valence-corrected chi connectivity index (χ3v) is 3.29. The van der Waals surface area contributed by atoms with Crippen molar-refractivity contribution < 1.29 is 5.11 Å². The Kier molecular flexibility index (Phi) is 9.84. The fourth-order valence-corrected chi connectivity index (χ4v) is 2.07. The molecule has 0 aliphatic rings. The van der Waals surface area contributed by atoms with Crippen molar-refractivity contribution in [1.29, 1.82) is 0 Å². The minimum atomic E-state index is -1.17. The Labute approximate surface area is 114 Å². The first-order valence-corrected chi connectivity index (χ1v) is 10.6. The number of hydrogen-bond acceptors (Lipinski definition) is 1. The summed E-state index contributed by atoms with van der Waals surface area (Å²) in [6, 6.07) is 0. The van der Waals surface area contributed by atoms with E-state index in [-0.39, 0.29) is 6.10 Å². The van der Waals surface area contributed by atoms with Crippen LogP contribution in [0, 0.1) is 23.3 Å². The van der Waals surface area contributed by atoms with Gasteiger partial charge in [-0.3, -0.25) is 0 Å². The second-order valence-corrected chi connectivity index (χ2v) is 10.6. The van der Waals surface area contributed by atoms with Gasteiger partial charge < -0.3 is 5.11 Å². The molecule has 18 heavy (non-hydrogen) atoms. The molecule has 0 rings (SSSR count). The van der Waals surface area contributed by atoms with Crippen molar-refractivity contribution in [2.75, 3.05) is 0 Å². The van der Waals surface area contributed by atoms with Crippen LogP contribution in [-0.4, -0.2) is 19.3 Å². The summed E-state index contributed by atoms with van der Waals surface area (Å²) in [6.45, 7) is 8.66. The van der Waals surface area contributed by atoms with Crippen LogP contribution >= 0.6 is 0 Å². The number of hydrogen-bond donors (Lipinski definition) is 1. The van der Waals surface area contributed by atoms with Crippen molar-refractivity contribution in [1.82, 2.24) is 0 Å². The average molecular weight is 264 g/mol. The highest BCUT2D eigenvalue weighted by Gasteiger charge is 2.06. The van der Waals surface area contributed by atoms with Gasteiger partial charge in [0.15, 0.2) is 0 Å². The highest BCUT2D eigenvalue weighted by Crippen LogP contribution is 2.01. The summed E-state index contributed by atoms with van der Waals surface area (Å²) in [4.78, 5) is 0. The van der Waals surface area contributed by atoms with E-state index in [9.17, 15) is 0 Å². The second kappa shape index (κ2) is 10.2. The molecular formula is C16H28OSi. The summed E-state index contributed by atoms with van der Waals surface area (Å²) in [7, 11) is -1.17. The van der Waals surface area contributed by atoms with E-state index >= 15 is 0 Å². The van der Waals surface area contributed by atoms with Crippen LogP contribution in [0.5, 0.6) is 0 Å². The summed E-state index contributed by atoms with van der Waals surface area (Å²) in [5, 5.41) is 9.07. The van der Waals surface area contributed by atoms with Gasteiger partial charge in [0.2, 0.25) is 0 Å². The van der Waals surface area contributed by atoms with Gasteiger partial charge in [-0.15, -0.1) is 23.3 Å². The van der Waals surface area contributed by atoms with Crippen LogP contribution < -0.4 is 0 Å². The predicted octanol–water partition coefficient (Wildman–Crippen LogP) is 3.98. The average Bonchev–Trinajstić information content (AvgIpc) is 2.24. The molecule has 102 valence electrons. The topological polar surface area (TPSA) is 20.2 Å². The Balaban J connectivity index is 3.40. The Morgan fingerprint density at radius 3 is 1.89 bits per heavy atom. The van der Waals surface area contributed by atoms with Crippen LogP contribution in [0.4, 0.5) is 0 Å². The largest absolute Gasteiger partial charge is 0.393 e. The molecule has 0 aromatic heterocycles. The van der Waals surface area contributed by atoms with E-state index in [0.717, 1.165) is 38.5 Å². The summed E-state index contributed by atoms with van der Waals surface area (Å²) in [5.41, 5.74) is 3.38. The standard InChI is InChI=1S/C16H28OSi/c1-16(17)14-12-10-8-6-5-7-9-11-13-15-18(2,3)4/h16-17H,5,7,9-12,14H2,1-4H3. The van der Waals surface area contributed by atoms with Crippen LogP contribution in [0.2, 0.25) is 19.6 Å². The van der Waals surface area contributed by atoms with Gasteiger partial charge in [-0.25, -0.2) is 0 Å². The number of aliphatic hydroxyl groups excluding tert-OH is 1. The van der Waals surface area contributed by atoms with Gasteiger partial charge in [0.1, 0.15) is 8.07 Å². The maximum atomic E-state index is 9.07. The van der Waals surface area contributed by atoms with Crippen molar-refractivity contribution in [3.63, 3.8) is 0 Å². The van der Waals surface area contributed by atoms with E-state index in [0.29, 0.717) is 0 Å². The molecule has 0 spiro atoms. The zero-order chi connectivity index (χ0) is 13.9. The normalized spacial score (nSPS) is 12.1. The highest BCUT2D eigenvalue weighted by atomic mass is 28.3. The van der Waals surface area contributed by atoms with E-state index in [1.54, 1.807) is 0 Å². The molecule has 0 aliphatic carbocycles. The highest BCUT2D eigenvalue weighted by molar-refractivity contribution is 6.83. The molecule has 0 aromatic rings. The maximum absolute atomic E-state index is 9.07. The number of rotatable bonds is 6. The van der Waals surface area contributed by atoms with Gasteiger partial charge >= 0.3 is 0 Å². The molecule has 0 fully saturated rings. The predicted molar refractivity (Wildman–Crippen MR) is 82.9 cm³/mol. The first-order valence-electron chi connectivity index (χ1n) is 7.05. The minimum absolute atomic E-state index is 0.184. The van der Waals surface area contributed by atoms with Crippen molar-refractivity contribution in [3.05, 3.63) is 0 Å². The SMILES string of the molecule is CC(O)CCCC#CCCCCC#C[Si](C)(C)C. The molecule has 2 heteroatoms. The zero-order valence-electron chi connectivity index (χ0n) is 12.5. The molecule has 0 saturated carbocycles. The Morgan fingerprint density at radius 2 is 1.39 bits per heavy atom. The molecule has 0 amide bonds. The molecule has 0 heterocycles. The monoisotopic (exact) mass is 264 g/mol. The van der Waals surface area contributed by atoms with Crippen molar-refractivity contribution in [2.45, 2.75) is 77.6 Å². The smallest absolute Gasteiger partial charge is 0.129 e. The zero-order valence-corrected chi connectivity index (χ0v) is 13.5. The van der Waals surface area contributed by atoms with E-state index < -0.39 is 8.07 Å². The second-order valence-electron chi connectivity index (χ2n) is 5.85. The lowest BCUT2D eigenvalue weighted by molar-refractivity contribution is 0.182. The fourth-order valence-electron chi connectivity index (χ4n) is 1.42. The van der Waals surface area contributed by atoms with Gasteiger partial charge in [0.25, 0.3) is 0 Å². The molecule has 1 unspecified atom stereocenters. The van der Waals surface area contributed by atoms with Crippen molar-refractivity contribution >= 4 is 8.07 Å². The lowest BCUT2D eigenvalue weighted by Crippen LogP contribution is -2.16. The van der Waals surface area contributed by atoms with E-state index in [4.69, 9.17) is 5.11 Å². The lowest BCUT2D eigenvalue weighted by Gasteiger charge is -2.02. The van der Waals surface area contributed by atoms with Crippen LogP contribution in [0.25, 0.3) is 0 Å². The third kappa shape index (κ3) is 15.3. The molecule has 1 atom stereocenters. The molecule has 0 aromatic carbocycles. The van der Waals surface area contributed by atoms with Crippen LogP contribution in [-0.2, 0) is 0 Å². The van der Waals surface area contributed by atoms with Gasteiger partial charge in [-0.2, -0.15) is 0 Å². The quantitative estimate of drug-likeness (QED) is 0.437. The number of unbranched alkanes of at least 4 members (excludes halogenated alkanes) is 4. The van der Waals surface area contributed by atoms with Crippen molar-refractivity contribution in [2.24, 2.45) is 0 Å². The Morgan fingerprint density at radius 1 is 0.889 bits per heavy atom. The van der Waals surface area contributed by atoms with E-state index in [1.807, 2.05) is 6.92 Å². The van der Waals surface area contributed by atoms with Gasteiger partial charge in [-0.05, 0) is 32.6 Å². The van der Waals surface area contributed by atoms with Gasteiger partial charge in [-0.1, -0.05) is 19.6 Å². The molecule has 0 bridgehead atoms. The molecule has 0 radical (unpaired) electrons. The first-order chi connectivity index (χ1) is 8.42. The fraction of sp³-hybridized carbons (Fsp3) is 0.750. The minimum Gasteiger partial charge on any atom is -0.393 e. The molecular weight excluding hydrogens is 236 g/mol. The summed E-state index contributed by atoms with van der Waals surface area (Å²) >= 11 is 0. The summed E-state index contributed by atoms with van der Waals surface area (Å²) in [6.07, 6.45) is 6.94. The van der Waals surface area contributed by atoms with E-state index in [1.165, 1.54) is 6.42 Å². The molecule has 0 aliphatic heterocycles. The number of aliphatic hydroxyl groups is 1. The molecule has 1 N–H and O–H groups in total. The van der Waals surface area contributed by atoms with Gasteiger partial charge in [0.05, 0.1) is 6.10 Å². The van der Waals surface area contributed by atoms with Crippen LogP contribution in [0.15, 0.2) is 0 Å². The van der Waals surface area contributed by atoms with Gasteiger partial charge in [0, 0.05) is 19.3 Å². The molecule has 1 nitrogen and oxygen atoms in total. The Bertz CT molecular complexity index is 317. The molecule has 0 saturated heterocycles.